The average Bonchev–Trinajstić information content (AvgIpc) is 2.48. The van der Waals surface area contributed by atoms with Gasteiger partial charge < -0.3 is 10.1 Å². The van der Waals surface area contributed by atoms with Crippen LogP contribution < -0.4 is 5.32 Å². The number of hydrogen-bond acceptors (Lipinski definition) is 3. The Kier molecular flexibility index (Phi) is 5.58. The Morgan fingerprint density at radius 3 is 2.95 bits per heavy atom. The van der Waals surface area contributed by atoms with Crippen molar-refractivity contribution in [3.05, 3.63) is 42.5 Å². The van der Waals surface area contributed by atoms with E-state index in [4.69, 9.17) is 4.74 Å². The van der Waals surface area contributed by atoms with Gasteiger partial charge in [-0.3, -0.25) is 4.90 Å². The smallest absolute Gasteiger partial charge is 0.0826 e. The first-order valence-corrected chi connectivity index (χ1v) is 7.07. The van der Waals surface area contributed by atoms with E-state index < -0.39 is 0 Å². The van der Waals surface area contributed by atoms with E-state index in [-0.39, 0.29) is 0 Å². The third kappa shape index (κ3) is 4.46. The predicted octanol–water partition coefficient (Wildman–Crippen LogP) is 2.01. The van der Waals surface area contributed by atoms with Crippen LogP contribution in [0.25, 0.3) is 5.57 Å². The van der Waals surface area contributed by atoms with E-state index >= 15 is 0 Å². The van der Waals surface area contributed by atoms with Crippen LogP contribution in [0.1, 0.15) is 12.5 Å². The molecule has 0 bridgehead atoms. The van der Waals surface area contributed by atoms with Crippen molar-refractivity contribution < 1.29 is 4.74 Å². The summed E-state index contributed by atoms with van der Waals surface area (Å²) in [7, 11) is 0. The topological polar surface area (TPSA) is 24.5 Å². The molecule has 0 amide bonds. The maximum absolute atomic E-state index is 5.76. The number of morpholine rings is 1. The summed E-state index contributed by atoms with van der Waals surface area (Å²) in [5, 5.41) is 3.45. The molecule has 3 nitrogen and oxygen atoms in total. The molecule has 19 heavy (non-hydrogen) atoms. The maximum atomic E-state index is 5.76. The Hall–Kier alpha value is -1.16. The zero-order chi connectivity index (χ0) is 13.5. The monoisotopic (exact) mass is 260 g/mol. The quantitative estimate of drug-likeness (QED) is 0.847. The second-order valence-electron chi connectivity index (χ2n) is 4.99. The highest BCUT2D eigenvalue weighted by Crippen LogP contribution is 2.10. The van der Waals surface area contributed by atoms with Crippen LogP contribution >= 0.6 is 0 Å². The molecule has 1 aliphatic rings. The number of benzene rings is 1. The molecule has 1 aliphatic heterocycles. The van der Waals surface area contributed by atoms with Crippen LogP contribution in [-0.2, 0) is 4.74 Å². The van der Waals surface area contributed by atoms with E-state index in [0.717, 1.165) is 44.9 Å². The summed E-state index contributed by atoms with van der Waals surface area (Å²) in [6, 6.07) is 10.3. The lowest BCUT2D eigenvalue weighted by molar-refractivity contribution is -0.0247. The molecule has 1 atom stereocenters. The van der Waals surface area contributed by atoms with Gasteiger partial charge in [0, 0.05) is 26.2 Å². The van der Waals surface area contributed by atoms with Crippen LogP contribution in [0.15, 0.2) is 36.9 Å². The SMILES string of the molecule is C=C(CNCC1CN(CC)CCO1)c1ccccc1. The maximum Gasteiger partial charge on any atom is 0.0826 e. The van der Waals surface area contributed by atoms with Crippen molar-refractivity contribution in [2.75, 3.05) is 39.3 Å². The molecule has 3 heteroatoms. The van der Waals surface area contributed by atoms with Crippen molar-refractivity contribution in [1.29, 1.82) is 0 Å². The fourth-order valence-corrected chi connectivity index (χ4v) is 2.35. The van der Waals surface area contributed by atoms with Crippen LogP contribution in [0.4, 0.5) is 0 Å². The van der Waals surface area contributed by atoms with Crippen LogP contribution in [0, 0.1) is 0 Å². The van der Waals surface area contributed by atoms with Crippen molar-refractivity contribution in [2.24, 2.45) is 0 Å². The first-order valence-electron chi connectivity index (χ1n) is 7.07. The number of ether oxygens (including phenoxy) is 1. The molecule has 104 valence electrons. The Morgan fingerprint density at radius 1 is 1.42 bits per heavy atom. The fourth-order valence-electron chi connectivity index (χ4n) is 2.35. The minimum atomic E-state index is 0.303. The van der Waals surface area contributed by atoms with Crippen molar-refractivity contribution in [2.45, 2.75) is 13.0 Å². The highest BCUT2D eigenvalue weighted by atomic mass is 16.5. The Bertz CT molecular complexity index is 391. The summed E-state index contributed by atoms with van der Waals surface area (Å²) in [5.74, 6) is 0. The molecule has 0 aromatic heterocycles. The summed E-state index contributed by atoms with van der Waals surface area (Å²) in [5.41, 5.74) is 2.33. The largest absolute Gasteiger partial charge is 0.374 e. The summed E-state index contributed by atoms with van der Waals surface area (Å²) in [6.45, 7) is 12.1. The predicted molar refractivity (Wildman–Crippen MR) is 80.2 cm³/mol. The number of rotatable bonds is 6. The fraction of sp³-hybridized carbons (Fsp3) is 0.500. The van der Waals surface area contributed by atoms with Gasteiger partial charge in [0.25, 0.3) is 0 Å². The van der Waals surface area contributed by atoms with Crippen molar-refractivity contribution in [3.8, 4) is 0 Å². The van der Waals surface area contributed by atoms with E-state index in [2.05, 4.69) is 35.9 Å². The second-order valence-corrected chi connectivity index (χ2v) is 4.99. The molecule has 0 spiro atoms. The van der Waals surface area contributed by atoms with Crippen molar-refractivity contribution in [3.63, 3.8) is 0 Å². The van der Waals surface area contributed by atoms with E-state index in [1.54, 1.807) is 0 Å². The molecule has 1 aromatic rings. The molecule has 1 unspecified atom stereocenters. The van der Waals surface area contributed by atoms with E-state index in [1.807, 2.05) is 18.2 Å². The summed E-state index contributed by atoms with van der Waals surface area (Å²) < 4.78 is 5.76. The van der Waals surface area contributed by atoms with Crippen molar-refractivity contribution >= 4 is 5.57 Å². The molecule has 0 radical (unpaired) electrons. The Balaban J connectivity index is 1.70. The molecular formula is C16H24N2O. The normalized spacial score (nSPS) is 20.4. The van der Waals surface area contributed by atoms with Gasteiger partial charge in [0.2, 0.25) is 0 Å². The van der Waals surface area contributed by atoms with Gasteiger partial charge in [-0.25, -0.2) is 0 Å². The zero-order valence-electron chi connectivity index (χ0n) is 11.8. The van der Waals surface area contributed by atoms with E-state index in [9.17, 15) is 0 Å². The van der Waals surface area contributed by atoms with Gasteiger partial charge in [0.1, 0.15) is 0 Å². The van der Waals surface area contributed by atoms with Gasteiger partial charge in [0.15, 0.2) is 0 Å². The zero-order valence-corrected chi connectivity index (χ0v) is 11.8. The van der Waals surface area contributed by atoms with E-state index in [1.165, 1.54) is 5.56 Å². The Morgan fingerprint density at radius 2 is 2.21 bits per heavy atom. The number of nitrogens with zero attached hydrogens (tertiary/aromatic N) is 1. The average molecular weight is 260 g/mol. The minimum Gasteiger partial charge on any atom is -0.374 e. The lowest BCUT2D eigenvalue weighted by Crippen LogP contribution is -2.46. The summed E-state index contributed by atoms with van der Waals surface area (Å²) in [4.78, 5) is 2.43. The highest BCUT2D eigenvalue weighted by molar-refractivity contribution is 5.64. The molecule has 0 aliphatic carbocycles. The van der Waals surface area contributed by atoms with Crippen LogP contribution in [0.3, 0.4) is 0 Å². The third-order valence-electron chi connectivity index (χ3n) is 3.56. The van der Waals surface area contributed by atoms with Crippen LogP contribution in [0.5, 0.6) is 0 Å². The number of likely N-dealkylation sites (N-methyl/N-ethyl adjacent to an activating group) is 1. The van der Waals surface area contributed by atoms with Crippen LogP contribution in [0.2, 0.25) is 0 Å². The summed E-state index contributed by atoms with van der Waals surface area (Å²) >= 11 is 0. The molecule has 1 heterocycles. The number of hydrogen-bond donors (Lipinski definition) is 1. The number of nitrogens with one attached hydrogen (secondary N) is 1. The lowest BCUT2D eigenvalue weighted by Gasteiger charge is -2.32. The molecule has 1 N–H and O–H groups in total. The van der Waals surface area contributed by atoms with Gasteiger partial charge >= 0.3 is 0 Å². The van der Waals surface area contributed by atoms with Gasteiger partial charge in [-0.2, -0.15) is 0 Å². The molecule has 1 aromatic carbocycles. The van der Waals surface area contributed by atoms with Crippen molar-refractivity contribution in [1.82, 2.24) is 10.2 Å². The van der Waals surface area contributed by atoms with Crippen LogP contribution in [-0.4, -0.2) is 50.3 Å². The minimum absolute atomic E-state index is 0.303. The van der Waals surface area contributed by atoms with Gasteiger partial charge in [-0.15, -0.1) is 0 Å². The standard InChI is InChI=1S/C16H24N2O/c1-3-18-9-10-19-16(13-18)12-17-11-14(2)15-7-5-4-6-8-15/h4-8,16-17H,2-3,9-13H2,1H3. The molecule has 0 saturated carbocycles. The first kappa shape index (κ1) is 14.3. The third-order valence-corrected chi connectivity index (χ3v) is 3.56. The van der Waals surface area contributed by atoms with E-state index in [0.29, 0.717) is 6.10 Å². The van der Waals surface area contributed by atoms with Gasteiger partial charge in [-0.1, -0.05) is 43.8 Å². The molecule has 1 saturated heterocycles. The van der Waals surface area contributed by atoms with Gasteiger partial charge in [0.05, 0.1) is 12.7 Å². The first-order chi connectivity index (χ1) is 9.29. The lowest BCUT2D eigenvalue weighted by atomic mass is 10.1. The Labute approximate surface area is 116 Å². The highest BCUT2D eigenvalue weighted by Gasteiger charge is 2.18. The van der Waals surface area contributed by atoms with Gasteiger partial charge in [-0.05, 0) is 17.7 Å². The molecule has 2 rings (SSSR count). The molecular weight excluding hydrogens is 236 g/mol. The second kappa shape index (κ2) is 7.43. The summed E-state index contributed by atoms with van der Waals surface area (Å²) in [6.07, 6.45) is 0.303. The molecule has 1 fully saturated rings.